The molecule has 4 aromatic rings. The van der Waals surface area contributed by atoms with Gasteiger partial charge in [0.1, 0.15) is 23.2 Å². The summed E-state index contributed by atoms with van der Waals surface area (Å²) in [6, 6.07) is 16.8. The second-order valence-corrected chi connectivity index (χ2v) is 7.23. The fraction of sp³-hybridized carbons (Fsp3) is 0.208. The third-order valence-corrected chi connectivity index (χ3v) is 5.01. The molecule has 0 atom stereocenters. The maximum Gasteiger partial charge on any atom is 0.275 e. The predicted molar refractivity (Wildman–Crippen MR) is 128 cm³/mol. The van der Waals surface area contributed by atoms with Gasteiger partial charge < -0.3 is 15.5 Å². The number of rotatable bonds is 7. The molecule has 0 aliphatic carbocycles. The van der Waals surface area contributed by atoms with Crippen LogP contribution in [0.5, 0.6) is 0 Å². The van der Waals surface area contributed by atoms with Gasteiger partial charge in [-0.25, -0.2) is 15.0 Å². The van der Waals surface area contributed by atoms with Crippen molar-refractivity contribution in [3.05, 3.63) is 72.3 Å². The number of aryl methyl sites for hydroxylation is 1. The van der Waals surface area contributed by atoms with Crippen LogP contribution in [0.2, 0.25) is 0 Å². The van der Waals surface area contributed by atoms with Gasteiger partial charge in [-0.3, -0.25) is 9.78 Å². The van der Waals surface area contributed by atoms with Crippen molar-refractivity contribution in [1.82, 2.24) is 19.9 Å². The number of benzene rings is 2. The van der Waals surface area contributed by atoms with Crippen LogP contribution in [0.1, 0.15) is 30.2 Å². The molecule has 32 heavy (non-hydrogen) atoms. The standard InChI is InChI=1S/C24H25N7O/c1-4-31(5-2)23-14-22(26-16(3)27-23)28-17-10-12-18(13-11-17)29-24(32)21-15-25-19-8-6-7-9-20(19)30-21/h6-15H,4-5H2,1-3H3,(H,29,32)(H,26,27,28). The smallest absolute Gasteiger partial charge is 0.275 e. The summed E-state index contributed by atoms with van der Waals surface area (Å²) in [6.45, 7) is 7.84. The fourth-order valence-electron chi connectivity index (χ4n) is 3.37. The van der Waals surface area contributed by atoms with Crippen LogP contribution in [0.25, 0.3) is 11.0 Å². The second-order valence-electron chi connectivity index (χ2n) is 7.23. The highest BCUT2D eigenvalue weighted by molar-refractivity contribution is 6.03. The van der Waals surface area contributed by atoms with Crippen LogP contribution in [0.15, 0.2) is 60.8 Å². The lowest BCUT2D eigenvalue weighted by atomic mass is 10.2. The Morgan fingerprint density at radius 2 is 1.59 bits per heavy atom. The lowest BCUT2D eigenvalue weighted by molar-refractivity contribution is 0.102. The molecule has 0 fully saturated rings. The highest BCUT2D eigenvalue weighted by Gasteiger charge is 2.11. The molecular formula is C24H25N7O. The van der Waals surface area contributed by atoms with E-state index in [0.29, 0.717) is 17.0 Å². The summed E-state index contributed by atoms with van der Waals surface area (Å²) in [5.41, 5.74) is 3.23. The zero-order valence-electron chi connectivity index (χ0n) is 18.3. The van der Waals surface area contributed by atoms with Crippen molar-refractivity contribution < 1.29 is 4.79 Å². The van der Waals surface area contributed by atoms with Crippen LogP contribution >= 0.6 is 0 Å². The van der Waals surface area contributed by atoms with Gasteiger partial charge in [0, 0.05) is 30.5 Å². The number of aromatic nitrogens is 4. The number of fused-ring (bicyclic) bond motifs is 1. The van der Waals surface area contributed by atoms with Crippen LogP contribution in [-0.4, -0.2) is 38.9 Å². The third-order valence-electron chi connectivity index (χ3n) is 5.01. The Morgan fingerprint density at radius 3 is 2.31 bits per heavy atom. The monoisotopic (exact) mass is 427 g/mol. The summed E-state index contributed by atoms with van der Waals surface area (Å²) in [7, 11) is 0. The van der Waals surface area contributed by atoms with Crippen molar-refractivity contribution in [2.45, 2.75) is 20.8 Å². The van der Waals surface area contributed by atoms with E-state index < -0.39 is 0 Å². The van der Waals surface area contributed by atoms with E-state index in [1.165, 1.54) is 6.20 Å². The topological polar surface area (TPSA) is 95.9 Å². The van der Waals surface area contributed by atoms with Gasteiger partial charge in [0.15, 0.2) is 0 Å². The largest absolute Gasteiger partial charge is 0.357 e. The number of amides is 1. The molecule has 0 radical (unpaired) electrons. The Hall–Kier alpha value is -4.07. The van der Waals surface area contributed by atoms with E-state index in [-0.39, 0.29) is 11.6 Å². The van der Waals surface area contributed by atoms with E-state index >= 15 is 0 Å². The Bertz CT molecular complexity index is 1240. The number of carbonyl (C=O) groups is 1. The van der Waals surface area contributed by atoms with E-state index in [2.05, 4.69) is 49.3 Å². The van der Waals surface area contributed by atoms with E-state index in [1.807, 2.05) is 61.5 Å². The first-order chi connectivity index (χ1) is 15.6. The van der Waals surface area contributed by atoms with Crippen LogP contribution in [0.3, 0.4) is 0 Å². The Kier molecular flexibility index (Phi) is 6.21. The van der Waals surface area contributed by atoms with Crippen LogP contribution in [0, 0.1) is 6.92 Å². The van der Waals surface area contributed by atoms with E-state index in [9.17, 15) is 4.79 Å². The summed E-state index contributed by atoms with van der Waals surface area (Å²) in [4.78, 5) is 32.4. The number of nitrogens with zero attached hydrogens (tertiary/aromatic N) is 5. The molecule has 0 saturated carbocycles. The van der Waals surface area contributed by atoms with E-state index in [1.54, 1.807) is 0 Å². The van der Waals surface area contributed by atoms with Crippen molar-refractivity contribution in [3.8, 4) is 0 Å². The average Bonchev–Trinajstić information content (AvgIpc) is 2.80. The van der Waals surface area contributed by atoms with Gasteiger partial charge in [-0.15, -0.1) is 0 Å². The summed E-state index contributed by atoms with van der Waals surface area (Å²) in [6.07, 6.45) is 1.48. The molecule has 2 heterocycles. The lowest BCUT2D eigenvalue weighted by Crippen LogP contribution is -2.23. The highest BCUT2D eigenvalue weighted by Crippen LogP contribution is 2.21. The minimum absolute atomic E-state index is 0.270. The SMILES string of the molecule is CCN(CC)c1cc(Nc2ccc(NC(=O)c3cnc4ccccc4n3)cc2)nc(C)n1. The zero-order chi connectivity index (χ0) is 22.5. The highest BCUT2D eigenvalue weighted by atomic mass is 16.1. The molecule has 8 nitrogen and oxygen atoms in total. The third kappa shape index (κ3) is 4.80. The molecule has 0 aliphatic heterocycles. The molecule has 4 rings (SSSR count). The molecule has 8 heteroatoms. The van der Waals surface area contributed by atoms with Crippen LogP contribution in [-0.2, 0) is 0 Å². The maximum atomic E-state index is 12.6. The van der Waals surface area contributed by atoms with Gasteiger partial charge >= 0.3 is 0 Å². The Balaban J connectivity index is 1.45. The minimum atomic E-state index is -0.306. The molecule has 0 saturated heterocycles. The van der Waals surface area contributed by atoms with E-state index in [4.69, 9.17) is 0 Å². The Labute approximate surface area is 186 Å². The molecule has 0 bridgehead atoms. The quantitative estimate of drug-likeness (QED) is 0.446. The van der Waals surface area contributed by atoms with Gasteiger partial charge in [-0.1, -0.05) is 12.1 Å². The number of carbonyl (C=O) groups excluding carboxylic acids is 1. The molecule has 0 spiro atoms. The Morgan fingerprint density at radius 1 is 0.906 bits per heavy atom. The molecule has 0 aliphatic rings. The number of hydrogen-bond donors (Lipinski definition) is 2. The van der Waals surface area contributed by atoms with Gasteiger partial charge in [-0.05, 0) is 57.2 Å². The normalized spacial score (nSPS) is 10.7. The number of para-hydroxylation sites is 2. The molecule has 162 valence electrons. The summed E-state index contributed by atoms with van der Waals surface area (Å²) < 4.78 is 0. The fourth-order valence-corrected chi connectivity index (χ4v) is 3.37. The average molecular weight is 428 g/mol. The van der Waals surface area contributed by atoms with Gasteiger partial charge in [0.05, 0.1) is 17.2 Å². The van der Waals surface area contributed by atoms with Crippen molar-refractivity contribution in [2.24, 2.45) is 0 Å². The molecule has 2 aromatic heterocycles. The molecular weight excluding hydrogens is 402 g/mol. The zero-order valence-corrected chi connectivity index (χ0v) is 18.3. The van der Waals surface area contributed by atoms with Crippen molar-refractivity contribution >= 4 is 40.0 Å². The minimum Gasteiger partial charge on any atom is -0.357 e. The second kappa shape index (κ2) is 9.38. The number of nitrogens with one attached hydrogen (secondary N) is 2. The van der Waals surface area contributed by atoms with Crippen molar-refractivity contribution in [1.29, 1.82) is 0 Å². The lowest BCUT2D eigenvalue weighted by Gasteiger charge is -2.20. The van der Waals surface area contributed by atoms with E-state index in [0.717, 1.165) is 35.9 Å². The first-order valence-electron chi connectivity index (χ1n) is 10.6. The summed E-state index contributed by atoms with van der Waals surface area (Å²) in [5.74, 6) is 2.02. The summed E-state index contributed by atoms with van der Waals surface area (Å²) >= 11 is 0. The predicted octanol–water partition coefficient (Wildman–Crippen LogP) is 4.57. The molecule has 1 amide bonds. The van der Waals surface area contributed by atoms with Crippen LogP contribution in [0.4, 0.5) is 23.0 Å². The molecule has 0 unspecified atom stereocenters. The first kappa shape index (κ1) is 21.2. The number of anilines is 4. The van der Waals surface area contributed by atoms with Gasteiger partial charge in [0.2, 0.25) is 0 Å². The van der Waals surface area contributed by atoms with Gasteiger partial charge in [-0.2, -0.15) is 0 Å². The maximum absolute atomic E-state index is 12.6. The number of hydrogen-bond acceptors (Lipinski definition) is 7. The molecule has 2 N–H and O–H groups in total. The summed E-state index contributed by atoms with van der Waals surface area (Å²) in [5, 5.41) is 6.17. The van der Waals surface area contributed by atoms with Crippen molar-refractivity contribution in [2.75, 3.05) is 28.6 Å². The van der Waals surface area contributed by atoms with Gasteiger partial charge in [0.25, 0.3) is 5.91 Å². The molecule has 2 aromatic carbocycles. The van der Waals surface area contributed by atoms with Crippen LogP contribution < -0.4 is 15.5 Å². The first-order valence-corrected chi connectivity index (χ1v) is 10.6. The van der Waals surface area contributed by atoms with Crippen molar-refractivity contribution in [3.63, 3.8) is 0 Å².